The first-order valence-electron chi connectivity index (χ1n) is 7.01. The molecule has 4 rings (SSSR count). The summed E-state index contributed by atoms with van der Waals surface area (Å²) in [7, 11) is 0. The summed E-state index contributed by atoms with van der Waals surface area (Å²) in [5.74, 6) is 0. The van der Waals surface area contributed by atoms with E-state index in [1.54, 1.807) is 0 Å². The first-order chi connectivity index (χ1) is 10.6. The van der Waals surface area contributed by atoms with E-state index in [9.17, 15) is 0 Å². The summed E-state index contributed by atoms with van der Waals surface area (Å²) < 4.78 is 1.95. The number of nitrogens with one attached hydrogen (secondary N) is 1. The van der Waals surface area contributed by atoms with Gasteiger partial charge in [0.05, 0.1) is 11.4 Å². The Kier molecular flexibility index (Phi) is 3.13. The maximum Gasteiger partial charge on any atom is 0.150 e. The van der Waals surface area contributed by atoms with Crippen LogP contribution in [-0.2, 0) is 0 Å². The van der Waals surface area contributed by atoms with Gasteiger partial charge in [0, 0.05) is 26.9 Å². The molecule has 0 aliphatic carbocycles. The lowest BCUT2D eigenvalue weighted by Crippen LogP contribution is -2.26. The minimum absolute atomic E-state index is 0.222. The molecule has 0 radical (unpaired) electrons. The van der Waals surface area contributed by atoms with Crippen molar-refractivity contribution in [2.45, 2.75) is 13.1 Å². The third kappa shape index (κ3) is 2.01. The molecule has 0 amide bonds. The van der Waals surface area contributed by atoms with E-state index in [0.717, 1.165) is 28.2 Å². The van der Waals surface area contributed by atoms with Crippen LogP contribution in [0.15, 0.2) is 48.5 Å². The molecule has 110 valence electrons. The van der Waals surface area contributed by atoms with Crippen molar-refractivity contribution in [3.63, 3.8) is 0 Å². The van der Waals surface area contributed by atoms with E-state index in [-0.39, 0.29) is 6.17 Å². The smallest absolute Gasteiger partial charge is 0.150 e. The van der Waals surface area contributed by atoms with Crippen LogP contribution >= 0.6 is 23.2 Å². The zero-order valence-electron chi connectivity index (χ0n) is 11.8. The van der Waals surface area contributed by atoms with Crippen LogP contribution in [0.5, 0.6) is 0 Å². The van der Waals surface area contributed by atoms with E-state index in [4.69, 9.17) is 23.2 Å². The largest absolute Gasteiger partial charge is 0.359 e. The number of anilines is 1. The van der Waals surface area contributed by atoms with Gasteiger partial charge in [-0.3, -0.25) is 0 Å². The summed E-state index contributed by atoms with van der Waals surface area (Å²) in [6.07, 6.45) is -0.222. The van der Waals surface area contributed by atoms with Crippen molar-refractivity contribution in [3.8, 4) is 11.3 Å². The summed E-state index contributed by atoms with van der Waals surface area (Å²) in [5.41, 5.74) is 5.04. The van der Waals surface area contributed by atoms with Gasteiger partial charge in [0.25, 0.3) is 0 Å². The fourth-order valence-corrected chi connectivity index (χ4v) is 3.53. The molecule has 1 aromatic heterocycles. The van der Waals surface area contributed by atoms with Gasteiger partial charge in [-0.2, -0.15) is 5.10 Å². The molecule has 0 bridgehead atoms. The average Bonchev–Trinajstić information content (AvgIpc) is 2.89. The van der Waals surface area contributed by atoms with Gasteiger partial charge in [-0.25, -0.2) is 4.68 Å². The third-order valence-electron chi connectivity index (χ3n) is 3.87. The summed E-state index contributed by atoms with van der Waals surface area (Å²) in [6.45, 7) is 1.99. The molecular formula is C17H13Cl2N3. The van der Waals surface area contributed by atoms with Crippen molar-refractivity contribution in [3.05, 3.63) is 69.8 Å². The molecule has 22 heavy (non-hydrogen) atoms. The molecule has 1 atom stereocenters. The summed E-state index contributed by atoms with van der Waals surface area (Å²) >= 11 is 12.8. The van der Waals surface area contributed by atoms with Crippen LogP contribution in [0, 0.1) is 6.92 Å². The second-order valence-corrected chi connectivity index (χ2v) is 6.16. The van der Waals surface area contributed by atoms with Crippen molar-refractivity contribution in [2.75, 3.05) is 5.32 Å². The molecule has 5 heteroatoms. The number of aromatic nitrogens is 2. The summed E-state index contributed by atoms with van der Waals surface area (Å²) in [5, 5.41) is 9.38. The first kappa shape index (κ1) is 13.7. The molecular weight excluding hydrogens is 317 g/mol. The van der Waals surface area contributed by atoms with Crippen molar-refractivity contribution in [2.24, 2.45) is 0 Å². The highest BCUT2D eigenvalue weighted by atomic mass is 35.5. The normalized spacial score (nSPS) is 15.9. The van der Waals surface area contributed by atoms with Crippen molar-refractivity contribution >= 4 is 28.9 Å². The van der Waals surface area contributed by atoms with E-state index in [1.165, 1.54) is 0 Å². The topological polar surface area (TPSA) is 29.9 Å². The second-order valence-electron chi connectivity index (χ2n) is 5.34. The van der Waals surface area contributed by atoms with Gasteiger partial charge in [-0.15, -0.1) is 0 Å². The van der Waals surface area contributed by atoms with Gasteiger partial charge in [0.15, 0.2) is 0 Å². The Bertz CT molecular complexity index is 850. The highest BCUT2D eigenvalue weighted by Crippen LogP contribution is 2.41. The average molecular weight is 330 g/mol. The number of aryl methyl sites for hydroxylation is 1. The molecule has 1 unspecified atom stereocenters. The lowest BCUT2D eigenvalue weighted by molar-refractivity contribution is 0.571. The zero-order chi connectivity index (χ0) is 15.3. The van der Waals surface area contributed by atoms with Crippen LogP contribution in [0.2, 0.25) is 10.0 Å². The quantitative estimate of drug-likeness (QED) is 0.670. The summed E-state index contributed by atoms with van der Waals surface area (Å²) in [6, 6.07) is 15.8. The molecule has 0 saturated carbocycles. The predicted octanol–water partition coefficient (Wildman–Crippen LogP) is 5.14. The number of halogens is 2. The fraction of sp³-hybridized carbons (Fsp3) is 0.118. The Balaban J connectivity index is 1.97. The van der Waals surface area contributed by atoms with Gasteiger partial charge in [0.2, 0.25) is 0 Å². The Hall–Kier alpha value is -1.97. The summed E-state index contributed by atoms with van der Waals surface area (Å²) in [4.78, 5) is 0. The molecule has 0 fully saturated rings. The van der Waals surface area contributed by atoms with E-state index in [0.29, 0.717) is 10.0 Å². The number of para-hydroxylation sites is 1. The van der Waals surface area contributed by atoms with E-state index < -0.39 is 0 Å². The molecule has 0 spiro atoms. The van der Waals surface area contributed by atoms with Crippen molar-refractivity contribution in [1.82, 2.24) is 9.78 Å². The molecule has 2 heterocycles. The Morgan fingerprint density at radius 1 is 1.05 bits per heavy atom. The van der Waals surface area contributed by atoms with Gasteiger partial charge in [-0.1, -0.05) is 47.5 Å². The Labute approximate surface area is 138 Å². The van der Waals surface area contributed by atoms with Crippen molar-refractivity contribution in [1.29, 1.82) is 0 Å². The van der Waals surface area contributed by atoms with Crippen LogP contribution in [0.1, 0.15) is 17.4 Å². The van der Waals surface area contributed by atoms with Crippen LogP contribution in [-0.4, -0.2) is 9.78 Å². The monoisotopic (exact) mass is 329 g/mol. The molecule has 3 nitrogen and oxygen atoms in total. The van der Waals surface area contributed by atoms with E-state index >= 15 is 0 Å². The maximum absolute atomic E-state index is 6.40. The first-order valence-corrected chi connectivity index (χ1v) is 7.77. The van der Waals surface area contributed by atoms with Gasteiger partial charge in [0.1, 0.15) is 6.17 Å². The van der Waals surface area contributed by atoms with Crippen LogP contribution in [0.4, 0.5) is 5.69 Å². The molecule has 1 N–H and O–H groups in total. The molecule has 1 aliphatic rings. The Morgan fingerprint density at radius 2 is 1.77 bits per heavy atom. The number of hydrogen-bond donors (Lipinski definition) is 1. The third-order valence-corrected chi connectivity index (χ3v) is 4.53. The van der Waals surface area contributed by atoms with Crippen molar-refractivity contribution < 1.29 is 0 Å². The molecule has 3 aromatic rings. The van der Waals surface area contributed by atoms with Crippen LogP contribution in [0.3, 0.4) is 0 Å². The van der Waals surface area contributed by atoms with Gasteiger partial charge < -0.3 is 5.32 Å². The number of rotatable bonds is 1. The minimum Gasteiger partial charge on any atom is -0.359 e. The highest BCUT2D eigenvalue weighted by molar-refractivity contribution is 6.36. The molecule has 1 aliphatic heterocycles. The van der Waals surface area contributed by atoms with E-state index in [1.807, 2.05) is 41.9 Å². The standard InChI is InChI=1S/C17H13Cl2N3/c1-10-9-15-11-5-2-3-8-14(11)20-17(22(15)21-10)16-12(18)6-4-7-13(16)19/h2-9,17,20H,1H3. The van der Waals surface area contributed by atoms with Crippen LogP contribution < -0.4 is 5.32 Å². The molecule has 0 saturated heterocycles. The lowest BCUT2D eigenvalue weighted by Gasteiger charge is -2.30. The number of nitrogens with zero attached hydrogens (tertiary/aromatic N) is 2. The number of fused-ring (bicyclic) bond motifs is 3. The maximum atomic E-state index is 6.40. The molecule has 2 aromatic carbocycles. The lowest BCUT2D eigenvalue weighted by atomic mass is 10.0. The van der Waals surface area contributed by atoms with Gasteiger partial charge in [-0.05, 0) is 31.2 Å². The zero-order valence-corrected chi connectivity index (χ0v) is 13.4. The second kappa shape index (κ2) is 5.04. The Morgan fingerprint density at radius 3 is 2.55 bits per heavy atom. The minimum atomic E-state index is -0.222. The fourth-order valence-electron chi connectivity index (χ4n) is 2.92. The SMILES string of the molecule is Cc1cc2n(n1)C(c1c(Cl)cccc1Cl)Nc1ccccc1-2. The number of benzene rings is 2. The van der Waals surface area contributed by atoms with Crippen LogP contribution in [0.25, 0.3) is 11.3 Å². The van der Waals surface area contributed by atoms with E-state index in [2.05, 4.69) is 28.6 Å². The van der Waals surface area contributed by atoms with Gasteiger partial charge >= 0.3 is 0 Å². The number of hydrogen-bond acceptors (Lipinski definition) is 2. The predicted molar refractivity (Wildman–Crippen MR) is 90.6 cm³/mol. The highest BCUT2D eigenvalue weighted by Gasteiger charge is 2.28.